The van der Waals surface area contributed by atoms with Gasteiger partial charge in [-0.05, 0) is 23.8 Å². The van der Waals surface area contributed by atoms with Crippen LogP contribution < -0.4 is 0 Å². The van der Waals surface area contributed by atoms with Gasteiger partial charge in [-0.2, -0.15) is 0 Å². The minimum atomic E-state index is -0.998. The van der Waals surface area contributed by atoms with Gasteiger partial charge in [0.15, 0.2) is 5.60 Å². The highest BCUT2D eigenvalue weighted by Crippen LogP contribution is 2.50. The summed E-state index contributed by atoms with van der Waals surface area (Å²) in [6.45, 7) is 4.19. The van der Waals surface area contributed by atoms with Gasteiger partial charge in [0.2, 0.25) is 0 Å². The van der Waals surface area contributed by atoms with Gasteiger partial charge in [0.1, 0.15) is 11.5 Å². The molecule has 4 nitrogen and oxygen atoms in total. The number of aliphatic hydroxyl groups excluding tert-OH is 1. The monoisotopic (exact) mass is 479 g/mol. The number of cyclic esters (lactones) is 1. The number of carbonyl (C=O) groups excluding carboxylic acids is 1. The van der Waals surface area contributed by atoms with Crippen LogP contribution >= 0.6 is 24.4 Å². The summed E-state index contributed by atoms with van der Waals surface area (Å²) in [5, 5.41) is 10.9. The molecule has 33 heavy (non-hydrogen) atoms. The molecule has 0 spiro atoms. The summed E-state index contributed by atoms with van der Waals surface area (Å²) in [5.41, 5.74) is 1.51. The van der Waals surface area contributed by atoms with Crippen LogP contribution in [0.5, 0.6) is 0 Å². The summed E-state index contributed by atoms with van der Waals surface area (Å²) < 4.78 is 6.35. The number of hydrogen-bond acceptors (Lipinski definition) is 5. The summed E-state index contributed by atoms with van der Waals surface area (Å²) in [5.74, 6) is 0.0463. The van der Waals surface area contributed by atoms with E-state index in [2.05, 4.69) is 26.5 Å². The van der Waals surface area contributed by atoms with Crippen molar-refractivity contribution in [2.75, 3.05) is 6.26 Å². The second-order valence-electron chi connectivity index (χ2n) is 8.56. The average Bonchev–Trinajstić information content (AvgIpc) is 3.15. The Bertz CT molecular complexity index is 1050. The number of hydrogen-bond donors (Lipinski definition) is 2. The molecule has 1 aliphatic rings. The maximum Gasteiger partial charge on any atom is 0.412 e. The largest absolute Gasteiger partial charge is 0.431 e. The number of benzene rings is 3. The van der Waals surface area contributed by atoms with Crippen LogP contribution in [0.15, 0.2) is 89.8 Å². The highest BCUT2D eigenvalue weighted by molar-refractivity contribution is 7.99. The number of rotatable bonds is 7. The van der Waals surface area contributed by atoms with Crippen LogP contribution in [0, 0.1) is 5.92 Å². The molecule has 1 heterocycles. The zero-order valence-corrected chi connectivity index (χ0v) is 20.7. The van der Waals surface area contributed by atoms with Crippen LogP contribution in [-0.4, -0.2) is 33.8 Å². The Morgan fingerprint density at radius 2 is 1.45 bits per heavy atom. The standard InChI is InChI=1S/C27H29NO3S2/c1-18(2)24-27(19-12-6-4-7-13-19,20-14-8-5-9-15-20)31-26(30)28(24)25(33-3)23(29)21-16-10-11-17-22(21)32/h4-18,23-25,29,32H,1-3H3/t23-,24-,25-/m0/s1. The molecule has 6 heteroatoms. The molecule has 172 valence electrons. The van der Waals surface area contributed by atoms with Crippen molar-refractivity contribution in [3.8, 4) is 0 Å². The van der Waals surface area contributed by atoms with Crippen molar-refractivity contribution in [2.45, 2.75) is 41.9 Å². The summed E-state index contributed by atoms with van der Waals surface area (Å²) in [6.07, 6.45) is 0.548. The van der Waals surface area contributed by atoms with Crippen LogP contribution in [0.25, 0.3) is 0 Å². The van der Waals surface area contributed by atoms with Crippen molar-refractivity contribution in [1.29, 1.82) is 0 Å². The average molecular weight is 480 g/mol. The topological polar surface area (TPSA) is 49.8 Å². The van der Waals surface area contributed by atoms with E-state index in [0.29, 0.717) is 10.5 Å². The smallest absolute Gasteiger partial charge is 0.412 e. The number of ether oxygens (including phenoxy) is 1. The molecule has 0 aromatic heterocycles. The van der Waals surface area contributed by atoms with E-state index >= 15 is 0 Å². The van der Waals surface area contributed by atoms with Gasteiger partial charge >= 0.3 is 6.09 Å². The molecule has 0 bridgehead atoms. The normalized spacial score (nSPS) is 19.4. The van der Waals surface area contributed by atoms with Gasteiger partial charge in [-0.3, -0.25) is 4.90 Å². The first-order valence-corrected chi connectivity index (χ1v) is 12.8. The Labute approximate surface area is 205 Å². The Kier molecular flexibility index (Phi) is 7.07. The molecule has 0 unspecified atom stereocenters. The molecule has 3 atom stereocenters. The Morgan fingerprint density at radius 1 is 0.939 bits per heavy atom. The third-order valence-corrected chi connectivity index (χ3v) is 7.63. The minimum Gasteiger partial charge on any atom is -0.431 e. The zero-order valence-electron chi connectivity index (χ0n) is 19.0. The van der Waals surface area contributed by atoms with Crippen LogP contribution in [0.2, 0.25) is 0 Å². The summed E-state index contributed by atoms with van der Waals surface area (Å²) in [6, 6.07) is 26.9. The second-order valence-corrected chi connectivity index (χ2v) is 10.00. The van der Waals surface area contributed by atoms with Crippen LogP contribution in [0.3, 0.4) is 0 Å². The molecule has 1 fully saturated rings. The van der Waals surface area contributed by atoms with Gasteiger partial charge in [-0.15, -0.1) is 24.4 Å². The Balaban J connectivity index is 1.88. The highest BCUT2D eigenvalue weighted by Gasteiger charge is 2.59. The molecule has 0 aliphatic carbocycles. The molecule has 3 aromatic rings. The molecule has 0 saturated carbocycles. The first kappa shape index (κ1) is 23.7. The first-order chi connectivity index (χ1) is 15.9. The minimum absolute atomic E-state index is 0.0463. The lowest BCUT2D eigenvalue weighted by atomic mass is 9.75. The van der Waals surface area contributed by atoms with E-state index in [1.54, 1.807) is 4.90 Å². The van der Waals surface area contributed by atoms with Crippen molar-refractivity contribution in [3.05, 3.63) is 102 Å². The number of thioether (sulfide) groups is 1. The van der Waals surface area contributed by atoms with Crippen LogP contribution in [0.1, 0.15) is 36.6 Å². The van der Waals surface area contributed by atoms with Crippen LogP contribution in [-0.2, 0) is 10.3 Å². The van der Waals surface area contributed by atoms with Gasteiger partial charge in [-0.25, -0.2) is 4.79 Å². The fourth-order valence-electron chi connectivity index (χ4n) is 4.90. The van der Waals surface area contributed by atoms with Gasteiger partial charge < -0.3 is 9.84 Å². The van der Waals surface area contributed by atoms with E-state index in [9.17, 15) is 9.90 Å². The van der Waals surface area contributed by atoms with Gasteiger partial charge in [0.05, 0.1) is 6.04 Å². The first-order valence-electron chi connectivity index (χ1n) is 11.0. The number of carbonyl (C=O) groups is 1. The molecule has 0 radical (unpaired) electrons. The molecule has 1 N–H and O–H groups in total. The molecule has 3 aromatic carbocycles. The molecular formula is C27H29NO3S2. The number of amides is 1. The highest BCUT2D eigenvalue weighted by atomic mass is 32.2. The predicted molar refractivity (Wildman–Crippen MR) is 137 cm³/mol. The van der Waals surface area contributed by atoms with Crippen molar-refractivity contribution in [2.24, 2.45) is 5.92 Å². The lowest BCUT2D eigenvalue weighted by molar-refractivity contribution is 0.0476. The predicted octanol–water partition coefficient (Wildman–Crippen LogP) is 6.12. The van der Waals surface area contributed by atoms with E-state index in [1.165, 1.54) is 11.8 Å². The van der Waals surface area contributed by atoms with Crippen molar-refractivity contribution in [1.82, 2.24) is 4.90 Å². The third-order valence-electron chi connectivity index (χ3n) is 6.25. The second kappa shape index (κ2) is 9.84. The van der Waals surface area contributed by atoms with E-state index < -0.39 is 23.2 Å². The fraction of sp³-hybridized carbons (Fsp3) is 0.296. The maximum absolute atomic E-state index is 13.6. The van der Waals surface area contributed by atoms with E-state index in [1.807, 2.05) is 91.2 Å². The SMILES string of the molecule is CS[C@@H]([C@@H](O)c1ccccc1S)N1C(=O)OC(c2ccccc2)(c2ccccc2)[C@@H]1C(C)C. The van der Waals surface area contributed by atoms with Gasteiger partial charge in [-0.1, -0.05) is 92.7 Å². The maximum atomic E-state index is 13.6. The van der Waals surface area contributed by atoms with E-state index in [0.717, 1.165) is 11.1 Å². The van der Waals surface area contributed by atoms with Gasteiger partial charge in [0, 0.05) is 16.0 Å². The van der Waals surface area contributed by atoms with E-state index in [4.69, 9.17) is 4.74 Å². The molecule has 4 rings (SSSR count). The zero-order chi connectivity index (χ0) is 23.6. The van der Waals surface area contributed by atoms with Gasteiger partial charge in [0.25, 0.3) is 0 Å². The summed E-state index contributed by atoms with van der Waals surface area (Å²) in [7, 11) is 0. The number of nitrogens with zero attached hydrogens (tertiary/aromatic N) is 1. The Morgan fingerprint density at radius 3 is 1.94 bits per heavy atom. The van der Waals surface area contributed by atoms with Crippen molar-refractivity contribution in [3.63, 3.8) is 0 Å². The molecule has 1 aliphatic heterocycles. The molecule has 1 saturated heterocycles. The van der Waals surface area contributed by atoms with Crippen LogP contribution in [0.4, 0.5) is 4.79 Å². The van der Waals surface area contributed by atoms with Crippen molar-refractivity contribution < 1.29 is 14.6 Å². The summed E-state index contributed by atoms with van der Waals surface area (Å²) >= 11 is 5.98. The Hall–Kier alpha value is -2.41. The lowest BCUT2D eigenvalue weighted by Crippen LogP contribution is -2.51. The third kappa shape index (κ3) is 4.16. The van der Waals surface area contributed by atoms with Crippen molar-refractivity contribution >= 4 is 30.5 Å². The molecule has 1 amide bonds. The lowest BCUT2D eigenvalue weighted by Gasteiger charge is -2.41. The quantitative estimate of drug-likeness (QED) is 0.401. The van der Waals surface area contributed by atoms with E-state index in [-0.39, 0.29) is 12.0 Å². The summed E-state index contributed by atoms with van der Waals surface area (Å²) in [4.78, 5) is 16.1. The number of thiol groups is 1. The number of aliphatic hydroxyl groups is 1. The molecular weight excluding hydrogens is 450 g/mol. The fourth-order valence-corrected chi connectivity index (χ4v) is 6.04.